The number of halogens is 6. The van der Waals surface area contributed by atoms with Gasteiger partial charge in [0.1, 0.15) is 35.5 Å². The summed E-state index contributed by atoms with van der Waals surface area (Å²) in [7, 11) is 0. The fourth-order valence-corrected chi connectivity index (χ4v) is 5.97. The van der Waals surface area contributed by atoms with Crippen molar-refractivity contribution in [2.75, 3.05) is 6.61 Å². The van der Waals surface area contributed by atoms with Crippen LogP contribution in [0.5, 0.6) is 0 Å². The number of aliphatic hydroxyl groups excluding tert-OH is 3. The Bertz CT molecular complexity index is 1330. The first kappa shape index (κ1) is 30.3. The van der Waals surface area contributed by atoms with Gasteiger partial charge in [0.05, 0.1) is 29.2 Å². The second kappa shape index (κ2) is 11.3. The summed E-state index contributed by atoms with van der Waals surface area (Å²) in [6.07, 6.45) is -8.30. The van der Waals surface area contributed by atoms with Gasteiger partial charge < -0.3 is 25.2 Å². The van der Waals surface area contributed by atoms with E-state index in [-0.39, 0.29) is 16.8 Å². The monoisotopic (exact) mass is 593 g/mol. The normalized spacial score (nSPS) is 24.8. The van der Waals surface area contributed by atoms with Crippen molar-refractivity contribution in [2.45, 2.75) is 60.7 Å². The van der Waals surface area contributed by atoms with E-state index < -0.39 is 76.4 Å². The third-order valence-corrected chi connectivity index (χ3v) is 8.17. The van der Waals surface area contributed by atoms with Crippen LogP contribution in [0, 0.1) is 17.5 Å². The second-order valence-corrected chi connectivity index (χ2v) is 11.0. The van der Waals surface area contributed by atoms with Crippen molar-refractivity contribution in [1.29, 1.82) is 0 Å². The highest BCUT2D eigenvalue weighted by Gasteiger charge is 2.49. The van der Waals surface area contributed by atoms with Gasteiger partial charge in [-0.1, -0.05) is 23.4 Å². The summed E-state index contributed by atoms with van der Waals surface area (Å²) >= 11 is 0.646. The minimum Gasteiger partial charge on any atom is -0.394 e. The molecule has 6 atom stereocenters. The van der Waals surface area contributed by atoms with Crippen LogP contribution in [0.4, 0.5) is 26.3 Å². The zero-order chi connectivity index (χ0) is 29.6. The average molecular weight is 594 g/mol. The molecule has 0 unspecified atom stereocenters. The van der Waals surface area contributed by atoms with Crippen LogP contribution in [0.15, 0.2) is 42.6 Å². The van der Waals surface area contributed by atoms with E-state index in [4.69, 9.17) is 4.74 Å². The van der Waals surface area contributed by atoms with Crippen molar-refractivity contribution in [2.24, 2.45) is 0 Å². The van der Waals surface area contributed by atoms with Gasteiger partial charge in [0, 0.05) is 5.56 Å². The number of nitrogens with zero attached hydrogens (tertiary/aromatic N) is 3. The minimum atomic E-state index is -4.75. The molecule has 1 aliphatic rings. The Morgan fingerprint density at radius 2 is 1.68 bits per heavy atom. The third kappa shape index (κ3) is 5.99. The molecule has 1 fully saturated rings. The maximum atomic E-state index is 13.8. The molecule has 0 radical (unpaired) electrons. The summed E-state index contributed by atoms with van der Waals surface area (Å²) < 4.78 is 88.8. The number of aromatic nitrogens is 3. The molecule has 0 aliphatic carbocycles. The van der Waals surface area contributed by atoms with E-state index in [1.807, 2.05) is 0 Å². The molecule has 0 saturated carbocycles. The molecule has 0 bridgehead atoms. The average Bonchev–Trinajstić information content (AvgIpc) is 3.35. The Labute approximate surface area is 228 Å². The smallest absolute Gasteiger partial charge is 0.394 e. The quantitative estimate of drug-likeness (QED) is 0.242. The van der Waals surface area contributed by atoms with Gasteiger partial charge in [-0.3, -0.25) is 0 Å². The summed E-state index contributed by atoms with van der Waals surface area (Å²) in [6.45, 7) is 1.81. The van der Waals surface area contributed by atoms with Crippen LogP contribution in [0.25, 0.3) is 11.3 Å². The summed E-state index contributed by atoms with van der Waals surface area (Å²) in [4.78, 5) is 0. The molecule has 1 saturated heterocycles. The van der Waals surface area contributed by atoms with E-state index in [0.29, 0.717) is 23.9 Å². The van der Waals surface area contributed by atoms with Gasteiger partial charge in [-0.05, 0) is 37.6 Å². The van der Waals surface area contributed by atoms with Crippen LogP contribution in [0.1, 0.15) is 36.3 Å². The van der Waals surface area contributed by atoms with Gasteiger partial charge in [0.2, 0.25) is 0 Å². The molecule has 15 heteroatoms. The van der Waals surface area contributed by atoms with E-state index >= 15 is 0 Å². The number of alkyl halides is 3. The maximum Gasteiger partial charge on any atom is 0.416 e. The van der Waals surface area contributed by atoms with Gasteiger partial charge in [0.15, 0.2) is 17.5 Å². The highest BCUT2D eigenvalue weighted by Crippen LogP contribution is 2.49. The first-order valence-corrected chi connectivity index (χ1v) is 12.8. The fourth-order valence-electron chi connectivity index (χ4n) is 4.49. The van der Waals surface area contributed by atoms with E-state index in [2.05, 4.69) is 10.3 Å². The lowest BCUT2D eigenvalue weighted by Crippen LogP contribution is -2.55. The largest absolute Gasteiger partial charge is 0.416 e. The Kier molecular flexibility index (Phi) is 8.55. The van der Waals surface area contributed by atoms with E-state index in [1.165, 1.54) is 32.0 Å². The Hall–Kier alpha value is -2.69. The molecule has 0 spiro atoms. The minimum absolute atomic E-state index is 0.151. The second-order valence-electron chi connectivity index (χ2n) is 9.79. The lowest BCUT2D eigenvalue weighted by Gasteiger charge is -2.44. The number of benzene rings is 2. The molecule has 2 heterocycles. The highest BCUT2D eigenvalue weighted by molar-refractivity contribution is 8.00. The molecular formula is C25H25F6N3O5S. The van der Waals surface area contributed by atoms with Gasteiger partial charge in [-0.2, -0.15) is 13.2 Å². The first-order valence-electron chi connectivity index (χ1n) is 11.9. The Balaban J connectivity index is 1.70. The molecule has 1 aliphatic heterocycles. The molecule has 4 rings (SSSR count). The van der Waals surface area contributed by atoms with Gasteiger partial charge in [-0.25, -0.2) is 17.9 Å². The van der Waals surface area contributed by atoms with Gasteiger partial charge in [0.25, 0.3) is 0 Å². The zero-order valence-electron chi connectivity index (χ0n) is 20.9. The van der Waals surface area contributed by atoms with Crippen LogP contribution in [-0.4, -0.2) is 71.4 Å². The van der Waals surface area contributed by atoms with Gasteiger partial charge in [-0.15, -0.1) is 16.9 Å². The maximum absolute atomic E-state index is 13.8. The topological polar surface area (TPSA) is 121 Å². The molecule has 3 aromatic rings. The van der Waals surface area contributed by atoms with E-state index in [9.17, 15) is 46.8 Å². The third-order valence-electron chi connectivity index (χ3n) is 6.40. The van der Waals surface area contributed by atoms with Crippen molar-refractivity contribution in [3.63, 3.8) is 0 Å². The van der Waals surface area contributed by atoms with Crippen molar-refractivity contribution in [3.8, 4) is 11.3 Å². The summed E-state index contributed by atoms with van der Waals surface area (Å²) in [6, 6.07) is 4.54. The van der Waals surface area contributed by atoms with Crippen LogP contribution in [-0.2, 0) is 10.9 Å². The number of thioether (sulfide) groups is 1. The Morgan fingerprint density at radius 1 is 1.05 bits per heavy atom. The van der Waals surface area contributed by atoms with Crippen molar-refractivity contribution in [3.05, 3.63) is 71.2 Å². The molecule has 40 heavy (non-hydrogen) atoms. The summed E-state index contributed by atoms with van der Waals surface area (Å²) in [5.74, 6) is -4.65. The molecule has 1 aromatic heterocycles. The molecule has 0 amide bonds. The fraction of sp³-hybridized carbons (Fsp3) is 0.440. The molecule has 2 aromatic carbocycles. The molecule has 8 nitrogen and oxygen atoms in total. The Morgan fingerprint density at radius 3 is 2.25 bits per heavy atom. The first-order chi connectivity index (χ1) is 18.6. The van der Waals surface area contributed by atoms with Crippen LogP contribution in [0.2, 0.25) is 0 Å². The number of rotatable bonds is 7. The number of hydrogen-bond acceptors (Lipinski definition) is 8. The molecule has 218 valence electrons. The highest BCUT2D eigenvalue weighted by atomic mass is 32.2. The van der Waals surface area contributed by atoms with Crippen molar-refractivity contribution >= 4 is 11.8 Å². The predicted octanol–water partition coefficient (Wildman–Crippen LogP) is 3.61. The molecule has 4 N–H and O–H groups in total. The summed E-state index contributed by atoms with van der Waals surface area (Å²) in [5, 5.41) is 49.0. The van der Waals surface area contributed by atoms with Crippen molar-refractivity contribution < 1.29 is 51.5 Å². The number of aliphatic hydroxyl groups is 4. The zero-order valence-corrected chi connectivity index (χ0v) is 21.7. The van der Waals surface area contributed by atoms with E-state index in [0.717, 1.165) is 16.9 Å². The van der Waals surface area contributed by atoms with Crippen LogP contribution in [0.3, 0.4) is 0 Å². The standard InChI is InChI=1S/C25H25F6N3O5S/c1-24(2,38)22(12-5-3-4-6-13(12)25(29,30)31)40-23-21(37)19(20(36)17(10-35)39-23)34-9-16(32-33-34)11-7-14(26)18(28)15(27)8-11/h3-9,17,19-23,35-38H,10H2,1-2H3/t17-,19+,20+,21-,22+,23+/m1/s1. The predicted molar refractivity (Wildman–Crippen MR) is 130 cm³/mol. The number of ether oxygens (including phenoxy) is 1. The SMILES string of the molecule is CC(C)(O)[C@@H](S[C@@H]1O[C@H](CO)[C@H](O)[C@H](n2cc(-c3cc(F)c(F)c(F)c3)nn2)[C@H]1O)c1ccccc1C(F)(F)F. The number of hydrogen-bond donors (Lipinski definition) is 4. The van der Waals surface area contributed by atoms with Gasteiger partial charge >= 0.3 is 6.18 Å². The summed E-state index contributed by atoms with van der Waals surface area (Å²) in [5.41, 5.74) is -4.82. The lowest BCUT2D eigenvalue weighted by atomic mass is 9.94. The van der Waals surface area contributed by atoms with Crippen molar-refractivity contribution in [1.82, 2.24) is 15.0 Å². The lowest BCUT2D eigenvalue weighted by molar-refractivity contribution is -0.179. The van der Waals surface area contributed by atoms with Crippen LogP contribution >= 0.6 is 11.8 Å². The molecular weight excluding hydrogens is 568 g/mol. The van der Waals surface area contributed by atoms with Crippen LogP contribution < -0.4 is 0 Å². The van der Waals surface area contributed by atoms with E-state index in [1.54, 1.807) is 0 Å².